The summed E-state index contributed by atoms with van der Waals surface area (Å²) in [4.78, 5) is 20.2. The standard InChI is InChI=1S/C19H21N5O/c1-11-12(2)23-24-17(11)22-19(25)15-8-14-9-16(21-18(14)20-10-15)13-6-4-3-5-7-13/h3-12,17,23-24H,1-2H3,(H,20,21)(H,22,25). The molecule has 1 saturated heterocycles. The fourth-order valence-corrected chi connectivity index (χ4v) is 3.08. The minimum atomic E-state index is -0.128. The molecule has 3 atom stereocenters. The third-order valence-electron chi connectivity index (χ3n) is 4.88. The topological polar surface area (TPSA) is 81.8 Å². The lowest BCUT2D eigenvalue weighted by molar-refractivity contribution is 0.0923. The zero-order chi connectivity index (χ0) is 17.4. The van der Waals surface area contributed by atoms with Gasteiger partial charge in [-0.2, -0.15) is 0 Å². The molecule has 6 nitrogen and oxygen atoms in total. The van der Waals surface area contributed by atoms with Crippen LogP contribution in [0.2, 0.25) is 0 Å². The third-order valence-corrected chi connectivity index (χ3v) is 4.88. The SMILES string of the molecule is CC1NNC(NC(=O)c2cnc3[nH]c(-c4ccccc4)cc3c2)C1C. The Morgan fingerprint density at radius 3 is 2.64 bits per heavy atom. The molecule has 128 valence electrons. The van der Waals surface area contributed by atoms with Crippen molar-refractivity contribution in [2.45, 2.75) is 26.1 Å². The Morgan fingerprint density at radius 2 is 1.92 bits per heavy atom. The normalized spacial score (nSPS) is 23.0. The van der Waals surface area contributed by atoms with E-state index in [1.54, 1.807) is 6.20 Å². The molecular weight excluding hydrogens is 314 g/mol. The number of amides is 1. The van der Waals surface area contributed by atoms with Gasteiger partial charge in [-0.25, -0.2) is 10.4 Å². The monoisotopic (exact) mass is 335 g/mol. The summed E-state index contributed by atoms with van der Waals surface area (Å²) in [5.74, 6) is 0.176. The first kappa shape index (κ1) is 15.8. The number of carbonyl (C=O) groups excluding carboxylic acids is 1. The summed E-state index contributed by atoms with van der Waals surface area (Å²) in [7, 11) is 0. The van der Waals surface area contributed by atoms with Crippen LogP contribution in [0.4, 0.5) is 0 Å². The van der Waals surface area contributed by atoms with Crippen molar-refractivity contribution in [2.24, 2.45) is 5.92 Å². The van der Waals surface area contributed by atoms with Crippen LogP contribution in [0.5, 0.6) is 0 Å². The maximum absolute atomic E-state index is 12.5. The van der Waals surface area contributed by atoms with Gasteiger partial charge in [0.2, 0.25) is 0 Å². The minimum absolute atomic E-state index is 0.0932. The van der Waals surface area contributed by atoms with Crippen LogP contribution in [0.1, 0.15) is 24.2 Å². The largest absolute Gasteiger partial charge is 0.339 e. The molecule has 1 fully saturated rings. The van der Waals surface area contributed by atoms with E-state index in [4.69, 9.17) is 0 Å². The lowest BCUT2D eigenvalue weighted by Crippen LogP contribution is -2.46. The minimum Gasteiger partial charge on any atom is -0.339 e. The summed E-state index contributed by atoms with van der Waals surface area (Å²) in [6.07, 6.45) is 1.52. The van der Waals surface area contributed by atoms with Crippen LogP contribution in [-0.4, -0.2) is 28.1 Å². The van der Waals surface area contributed by atoms with Crippen molar-refractivity contribution in [3.05, 3.63) is 54.2 Å². The molecule has 2 aromatic heterocycles. The summed E-state index contributed by atoms with van der Waals surface area (Å²) >= 11 is 0. The number of nitrogens with one attached hydrogen (secondary N) is 4. The van der Waals surface area contributed by atoms with Gasteiger partial charge in [0, 0.05) is 29.2 Å². The fraction of sp³-hybridized carbons (Fsp3) is 0.263. The molecule has 3 heterocycles. The second-order valence-corrected chi connectivity index (χ2v) is 6.60. The highest BCUT2D eigenvalue weighted by Crippen LogP contribution is 2.23. The molecule has 4 N–H and O–H groups in total. The number of nitrogens with zero attached hydrogens (tertiary/aromatic N) is 1. The number of aromatic nitrogens is 2. The predicted molar refractivity (Wildman–Crippen MR) is 97.7 cm³/mol. The Labute approximate surface area is 146 Å². The van der Waals surface area contributed by atoms with Gasteiger partial charge in [-0.1, -0.05) is 37.3 Å². The number of pyridine rings is 1. The summed E-state index contributed by atoms with van der Waals surface area (Å²) in [5, 5.41) is 3.94. The van der Waals surface area contributed by atoms with Crippen LogP contribution < -0.4 is 16.2 Å². The van der Waals surface area contributed by atoms with Crippen molar-refractivity contribution in [1.82, 2.24) is 26.1 Å². The lowest BCUT2D eigenvalue weighted by atomic mass is 10.0. The van der Waals surface area contributed by atoms with Crippen LogP contribution in [0.3, 0.4) is 0 Å². The highest BCUT2D eigenvalue weighted by atomic mass is 16.1. The Morgan fingerprint density at radius 1 is 1.12 bits per heavy atom. The van der Waals surface area contributed by atoms with E-state index in [0.717, 1.165) is 22.3 Å². The Hall–Kier alpha value is -2.70. The number of fused-ring (bicyclic) bond motifs is 1. The number of aromatic amines is 1. The first-order valence-corrected chi connectivity index (χ1v) is 8.48. The number of hydrazine groups is 1. The van der Waals surface area contributed by atoms with Gasteiger partial charge in [-0.3, -0.25) is 10.2 Å². The molecule has 0 saturated carbocycles. The van der Waals surface area contributed by atoms with E-state index in [9.17, 15) is 4.79 Å². The van der Waals surface area contributed by atoms with Crippen molar-refractivity contribution >= 4 is 16.9 Å². The molecule has 1 amide bonds. The average Bonchev–Trinajstić information content (AvgIpc) is 3.20. The van der Waals surface area contributed by atoms with Crippen molar-refractivity contribution in [2.75, 3.05) is 0 Å². The molecule has 1 aliphatic heterocycles. The van der Waals surface area contributed by atoms with Gasteiger partial charge >= 0.3 is 0 Å². The average molecular weight is 335 g/mol. The second kappa shape index (κ2) is 6.31. The van der Waals surface area contributed by atoms with Gasteiger partial charge in [-0.05, 0) is 24.6 Å². The third kappa shape index (κ3) is 3.01. The van der Waals surface area contributed by atoms with Crippen LogP contribution in [0, 0.1) is 5.92 Å². The van der Waals surface area contributed by atoms with Crippen LogP contribution in [0.25, 0.3) is 22.3 Å². The van der Waals surface area contributed by atoms with Gasteiger partial charge in [0.25, 0.3) is 5.91 Å². The highest BCUT2D eigenvalue weighted by molar-refractivity contribution is 5.97. The molecule has 6 heteroatoms. The van der Waals surface area contributed by atoms with Crippen LogP contribution >= 0.6 is 0 Å². The van der Waals surface area contributed by atoms with E-state index >= 15 is 0 Å². The number of hydrogen-bond acceptors (Lipinski definition) is 4. The molecule has 0 radical (unpaired) electrons. The number of rotatable bonds is 3. The molecule has 1 aromatic carbocycles. The van der Waals surface area contributed by atoms with Crippen LogP contribution in [-0.2, 0) is 0 Å². The highest BCUT2D eigenvalue weighted by Gasteiger charge is 2.30. The van der Waals surface area contributed by atoms with Crippen molar-refractivity contribution in [3.63, 3.8) is 0 Å². The maximum atomic E-state index is 12.5. The van der Waals surface area contributed by atoms with Crippen molar-refractivity contribution < 1.29 is 4.79 Å². The summed E-state index contributed by atoms with van der Waals surface area (Å²) in [6.45, 7) is 4.19. The van der Waals surface area contributed by atoms with Gasteiger partial charge < -0.3 is 10.3 Å². The molecular formula is C19H21N5O. The number of hydrogen-bond donors (Lipinski definition) is 4. The van der Waals surface area contributed by atoms with Crippen LogP contribution in [0.15, 0.2) is 48.7 Å². The van der Waals surface area contributed by atoms with E-state index < -0.39 is 0 Å². The summed E-state index contributed by atoms with van der Waals surface area (Å²) < 4.78 is 0. The van der Waals surface area contributed by atoms with Crippen molar-refractivity contribution in [1.29, 1.82) is 0 Å². The van der Waals surface area contributed by atoms with Gasteiger partial charge in [-0.15, -0.1) is 0 Å². The van der Waals surface area contributed by atoms with E-state index in [0.29, 0.717) is 17.5 Å². The van der Waals surface area contributed by atoms with E-state index in [1.165, 1.54) is 0 Å². The first-order valence-electron chi connectivity index (χ1n) is 8.48. The molecule has 3 unspecified atom stereocenters. The zero-order valence-electron chi connectivity index (χ0n) is 14.2. The number of carbonyl (C=O) groups is 1. The number of H-pyrrole nitrogens is 1. The fourth-order valence-electron chi connectivity index (χ4n) is 3.08. The molecule has 0 spiro atoms. The smallest absolute Gasteiger partial charge is 0.254 e. The van der Waals surface area contributed by atoms with Gasteiger partial charge in [0.15, 0.2) is 0 Å². The molecule has 0 aliphatic carbocycles. The quantitative estimate of drug-likeness (QED) is 0.592. The number of benzene rings is 1. The Bertz CT molecular complexity index is 905. The molecule has 25 heavy (non-hydrogen) atoms. The predicted octanol–water partition coefficient (Wildman–Crippen LogP) is 2.42. The molecule has 0 bridgehead atoms. The van der Waals surface area contributed by atoms with E-state index in [2.05, 4.69) is 40.0 Å². The van der Waals surface area contributed by atoms with E-state index in [-0.39, 0.29) is 12.1 Å². The Kier molecular flexibility index (Phi) is 3.99. The Balaban J connectivity index is 1.57. The summed E-state index contributed by atoms with van der Waals surface area (Å²) in [6, 6.07) is 14.3. The summed E-state index contributed by atoms with van der Waals surface area (Å²) in [5.41, 5.74) is 9.67. The second-order valence-electron chi connectivity index (χ2n) is 6.60. The van der Waals surface area contributed by atoms with Gasteiger partial charge in [0.05, 0.1) is 11.7 Å². The maximum Gasteiger partial charge on any atom is 0.254 e. The zero-order valence-corrected chi connectivity index (χ0v) is 14.2. The van der Waals surface area contributed by atoms with Crippen molar-refractivity contribution in [3.8, 4) is 11.3 Å². The first-order chi connectivity index (χ1) is 12.1. The van der Waals surface area contributed by atoms with Gasteiger partial charge in [0.1, 0.15) is 5.65 Å². The molecule has 4 rings (SSSR count). The molecule has 3 aromatic rings. The molecule has 1 aliphatic rings. The van der Waals surface area contributed by atoms with E-state index in [1.807, 2.05) is 42.5 Å². The lowest BCUT2D eigenvalue weighted by Gasteiger charge is -2.17.